The number of quaternary nitrogens is 1. The van der Waals surface area contributed by atoms with Crippen LogP contribution in [0.15, 0.2) is 0 Å². The molecule has 9 heteroatoms. The van der Waals surface area contributed by atoms with Gasteiger partial charge in [-0.2, -0.15) is 0 Å². The van der Waals surface area contributed by atoms with E-state index in [0.29, 0.717) is 32.8 Å². The monoisotopic (exact) mass is 655 g/mol. The Morgan fingerprint density at radius 2 is 1.05 bits per heavy atom. The minimum Gasteiger partial charge on any atom is -0.394 e. The third kappa shape index (κ3) is 27.2. The van der Waals surface area contributed by atoms with Crippen molar-refractivity contribution in [3.05, 3.63) is 0 Å². The molecular weight excluding hydrogens is 578 g/mol. The zero-order valence-electron chi connectivity index (χ0n) is 29.9. The maximum absolute atomic E-state index is 9.14. The summed E-state index contributed by atoms with van der Waals surface area (Å²) in [4.78, 5) is 0. The molecule has 0 aliphatic heterocycles. The smallest absolute Gasteiger partial charge is 0.0889 e. The molecule has 0 saturated carbocycles. The van der Waals surface area contributed by atoms with E-state index in [-0.39, 0.29) is 32.5 Å². The van der Waals surface area contributed by atoms with Gasteiger partial charge in [-0.25, -0.2) is 0 Å². The summed E-state index contributed by atoms with van der Waals surface area (Å²) in [5.41, 5.74) is 0. The second kappa shape index (κ2) is 31.6. The molecule has 0 spiro atoms. The molecule has 0 amide bonds. The van der Waals surface area contributed by atoms with Crippen LogP contribution in [0.1, 0.15) is 136 Å². The number of rotatable bonds is 36. The van der Waals surface area contributed by atoms with Crippen LogP contribution in [0.2, 0.25) is 0 Å². The lowest BCUT2D eigenvalue weighted by atomic mass is 10.0. The van der Waals surface area contributed by atoms with Crippen LogP contribution < -0.4 is 0 Å². The molecule has 0 aromatic heterocycles. The molecule has 44 heavy (non-hydrogen) atoms. The van der Waals surface area contributed by atoms with Crippen molar-refractivity contribution in [1.82, 2.24) is 0 Å². The maximum Gasteiger partial charge on any atom is 0.0889 e. The summed E-state index contributed by atoms with van der Waals surface area (Å²) < 4.78 is 30.7. The first-order valence-corrected chi connectivity index (χ1v) is 19.9. The molecule has 0 radical (unpaired) electrons. The molecule has 8 nitrogen and oxygen atoms in total. The van der Waals surface area contributed by atoms with Gasteiger partial charge in [0, 0.05) is 12.8 Å². The van der Waals surface area contributed by atoms with Gasteiger partial charge in [0.15, 0.2) is 0 Å². The van der Waals surface area contributed by atoms with E-state index in [4.69, 9.17) is 32.2 Å². The second-order valence-electron chi connectivity index (χ2n) is 12.7. The number of nitrogens with zero attached hydrogens (tertiary/aromatic N) is 1. The molecule has 1 atom stereocenters. The first kappa shape index (κ1) is 44.0. The average Bonchev–Trinajstić information content (AvgIpc) is 2.99. The first-order chi connectivity index (χ1) is 21.4. The van der Waals surface area contributed by atoms with Crippen LogP contribution in [0, 0.1) is 0 Å². The highest BCUT2D eigenvalue weighted by Gasteiger charge is 2.28. The maximum atomic E-state index is 9.14. The SMILES string of the molecule is CCCCCCCCCCCCCCCCCC[N+](C)(C)CCCS(OCC)(OCC)OCCC(COCCO)OCCO. The van der Waals surface area contributed by atoms with E-state index < -0.39 is 10.9 Å². The van der Waals surface area contributed by atoms with Gasteiger partial charge in [-0.15, -0.1) is 0 Å². The topological polar surface area (TPSA) is 86.6 Å². The minimum absolute atomic E-state index is 0.0283. The Bertz CT molecular complexity index is 579. The van der Waals surface area contributed by atoms with E-state index in [1.807, 2.05) is 13.8 Å². The average molecular weight is 655 g/mol. The molecule has 0 aromatic rings. The molecule has 0 saturated heterocycles. The second-order valence-corrected chi connectivity index (χ2v) is 15.0. The highest BCUT2D eigenvalue weighted by molar-refractivity contribution is 8.21. The van der Waals surface area contributed by atoms with Crippen molar-refractivity contribution in [2.75, 3.05) is 85.8 Å². The molecule has 0 aliphatic carbocycles. The summed E-state index contributed by atoms with van der Waals surface area (Å²) in [5, 5.41) is 18.1. The lowest BCUT2D eigenvalue weighted by Crippen LogP contribution is -2.41. The molecule has 268 valence electrons. The van der Waals surface area contributed by atoms with Gasteiger partial charge in [0.25, 0.3) is 0 Å². The molecule has 0 heterocycles. The van der Waals surface area contributed by atoms with Crippen LogP contribution >= 0.6 is 10.9 Å². The van der Waals surface area contributed by atoms with Gasteiger partial charge < -0.3 is 24.2 Å². The van der Waals surface area contributed by atoms with Crippen molar-refractivity contribution in [3.8, 4) is 0 Å². The van der Waals surface area contributed by atoms with Gasteiger partial charge in [-0.1, -0.05) is 96.8 Å². The summed E-state index contributed by atoms with van der Waals surface area (Å²) in [6.07, 6.45) is 23.8. The Morgan fingerprint density at radius 3 is 1.52 bits per heavy atom. The molecule has 0 rings (SSSR count). The van der Waals surface area contributed by atoms with Gasteiger partial charge >= 0.3 is 0 Å². The van der Waals surface area contributed by atoms with Gasteiger partial charge in [0.1, 0.15) is 0 Å². The number of hydrogen-bond acceptors (Lipinski definition) is 7. The predicted molar refractivity (Wildman–Crippen MR) is 187 cm³/mol. The minimum atomic E-state index is -2.11. The lowest BCUT2D eigenvalue weighted by Gasteiger charge is -2.38. The van der Waals surface area contributed by atoms with Crippen LogP contribution in [-0.2, 0) is 22.0 Å². The fraction of sp³-hybridized carbons (Fsp3) is 1.00. The third-order valence-corrected chi connectivity index (χ3v) is 10.6. The highest BCUT2D eigenvalue weighted by atomic mass is 32.3. The molecule has 0 fully saturated rings. The van der Waals surface area contributed by atoms with E-state index in [1.54, 1.807) is 0 Å². The number of aliphatic hydroxyl groups excluding tert-OH is 2. The summed E-state index contributed by atoms with van der Waals surface area (Å²) >= 11 is 0. The molecule has 1 unspecified atom stereocenters. The Balaban J connectivity index is 4.20. The fourth-order valence-corrected chi connectivity index (χ4v) is 7.64. The van der Waals surface area contributed by atoms with Crippen LogP contribution in [0.25, 0.3) is 0 Å². The van der Waals surface area contributed by atoms with Crippen LogP contribution in [-0.4, -0.2) is 107 Å². The van der Waals surface area contributed by atoms with E-state index in [1.165, 1.54) is 109 Å². The summed E-state index contributed by atoms with van der Waals surface area (Å²) in [6.45, 7) is 10.8. The van der Waals surface area contributed by atoms with E-state index in [2.05, 4.69) is 21.0 Å². The van der Waals surface area contributed by atoms with Crippen LogP contribution in [0.4, 0.5) is 0 Å². The van der Waals surface area contributed by atoms with Crippen molar-refractivity contribution >= 4 is 10.9 Å². The zero-order chi connectivity index (χ0) is 32.6. The van der Waals surface area contributed by atoms with Gasteiger partial charge in [-0.05, 0) is 26.7 Å². The first-order valence-electron chi connectivity index (χ1n) is 18.4. The van der Waals surface area contributed by atoms with Crippen LogP contribution in [0.3, 0.4) is 0 Å². The third-order valence-electron chi connectivity index (χ3n) is 8.06. The van der Waals surface area contributed by atoms with Crippen molar-refractivity contribution in [1.29, 1.82) is 0 Å². The number of unbranched alkanes of at least 4 members (excludes halogenated alkanes) is 15. The standard InChI is InChI=1S/C35H76NO7S/c1-6-9-10-11-12-13-14-15-16-17-18-19-20-21-22-23-26-36(4,5)27-24-33-44(41-7-2,42-8-3)43-30-25-35(40-32-29-38)34-39-31-28-37/h35,37-38H,6-34H2,1-5H3/q+1. The lowest BCUT2D eigenvalue weighted by molar-refractivity contribution is -0.890. The van der Waals surface area contributed by atoms with Gasteiger partial charge in [0.05, 0.1) is 103 Å². The number of ether oxygens (including phenoxy) is 2. The van der Waals surface area contributed by atoms with Gasteiger partial charge in [0.2, 0.25) is 0 Å². The Hall–Kier alpha value is 0.0300. The molecule has 2 N–H and O–H groups in total. The van der Waals surface area contributed by atoms with Crippen molar-refractivity contribution in [2.45, 2.75) is 142 Å². The normalized spacial score (nSPS) is 13.5. The van der Waals surface area contributed by atoms with Crippen molar-refractivity contribution in [2.24, 2.45) is 0 Å². The molecule has 0 aromatic carbocycles. The van der Waals surface area contributed by atoms with Crippen LogP contribution in [0.5, 0.6) is 0 Å². The van der Waals surface area contributed by atoms with Crippen molar-refractivity contribution in [3.63, 3.8) is 0 Å². The fourth-order valence-electron chi connectivity index (χ4n) is 5.53. The zero-order valence-corrected chi connectivity index (χ0v) is 30.7. The Morgan fingerprint density at radius 1 is 0.568 bits per heavy atom. The van der Waals surface area contributed by atoms with Gasteiger partial charge in [-0.3, -0.25) is 12.5 Å². The quantitative estimate of drug-likeness (QED) is 0.0521. The molecule has 0 bridgehead atoms. The van der Waals surface area contributed by atoms with E-state index in [9.17, 15) is 0 Å². The summed E-state index contributed by atoms with van der Waals surface area (Å²) in [5.74, 6) is 0.749. The van der Waals surface area contributed by atoms with E-state index in [0.717, 1.165) is 23.2 Å². The summed E-state index contributed by atoms with van der Waals surface area (Å²) in [7, 11) is 2.56. The Kier molecular flexibility index (Phi) is 31.6. The molecular formula is C35H76NO7S+. The van der Waals surface area contributed by atoms with Crippen molar-refractivity contribution < 1.29 is 36.7 Å². The number of hydrogen-bond donors (Lipinski definition) is 2. The predicted octanol–water partition coefficient (Wildman–Crippen LogP) is 8.13. The number of aliphatic hydroxyl groups is 2. The highest BCUT2D eigenvalue weighted by Crippen LogP contribution is 2.52. The largest absolute Gasteiger partial charge is 0.394 e. The van der Waals surface area contributed by atoms with E-state index >= 15 is 0 Å². The Labute approximate surface area is 275 Å². The summed E-state index contributed by atoms with van der Waals surface area (Å²) in [6, 6.07) is 0. The molecule has 0 aliphatic rings.